The number of ether oxygens (including phenoxy) is 2. The number of morpholine rings is 1. The fourth-order valence-electron chi connectivity index (χ4n) is 3.15. The first-order valence-corrected chi connectivity index (χ1v) is 8.96. The Morgan fingerprint density at radius 2 is 2.08 bits per heavy atom. The van der Waals surface area contributed by atoms with Crippen molar-refractivity contribution in [3.63, 3.8) is 0 Å². The number of hydrogen-bond donors (Lipinski definition) is 1. The third kappa shape index (κ3) is 4.75. The molecule has 1 atom stereocenters. The van der Waals surface area contributed by atoms with Crippen molar-refractivity contribution >= 4 is 0 Å². The molecule has 25 heavy (non-hydrogen) atoms. The zero-order valence-corrected chi connectivity index (χ0v) is 14.3. The van der Waals surface area contributed by atoms with E-state index in [1.165, 1.54) is 18.4 Å². The van der Waals surface area contributed by atoms with Crippen molar-refractivity contribution in [3.05, 3.63) is 48.4 Å². The Hall–Kier alpha value is -2.02. The predicted molar refractivity (Wildman–Crippen MR) is 94.6 cm³/mol. The Balaban J connectivity index is 1.21. The average Bonchev–Trinajstić information content (AvgIpc) is 3.50. The van der Waals surface area contributed by atoms with Gasteiger partial charge in [-0.3, -0.25) is 9.88 Å². The summed E-state index contributed by atoms with van der Waals surface area (Å²) in [7, 11) is 0. The molecule has 0 radical (unpaired) electrons. The van der Waals surface area contributed by atoms with Gasteiger partial charge in [-0.15, -0.1) is 0 Å². The van der Waals surface area contributed by atoms with E-state index >= 15 is 0 Å². The maximum atomic E-state index is 5.87. The van der Waals surface area contributed by atoms with Crippen molar-refractivity contribution in [1.29, 1.82) is 0 Å². The Morgan fingerprint density at radius 1 is 1.20 bits per heavy atom. The van der Waals surface area contributed by atoms with Crippen LogP contribution in [0.3, 0.4) is 0 Å². The molecule has 1 N–H and O–H groups in total. The van der Waals surface area contributed by atoms with E-state index in [1.54, 1.807) is 18.6 Å². The van der Waals surface area contributed by atoms with E-state index in [-0.39, 0.29) is 0 Å². The molecule has 1 unspecified atom stereocenters. The van der Waals surface area contributed by atoms with E-state index in [2.05, 4.69) is 32.3 Å². The molecule has 0 spiro atoms. The van der Waals surface area contributed by atoms with E-state index in [1.807, 2.05) is 12.1 Å². The topological polar surface area (TPSA) is 59.5 Å². The van der Waals surface area contributed by atoms with Gasteiger partial charge in [0.05, 0.1) is 18.9 Å². The van der Waals surface area contributed by atoms with Gasteiger partial charge >= 0.3 is 0 Å². The summed E-state index contributed by atoms with van der Waals surface area (Å²) in [5.74, 6) is 1.27. The van der Waals surface area contributed by atoms with Crippen LogP contribution in [0, 0.1) is 0 Å². The van der Waals surface area contributed by atoms with Crippen LogP contribution < -0.4 is 10.1 Å². The van der Waals surface area contributed by atoms with Gasteiger partial charge in [0.15, 0.2) is 0 Å². The van der Waals surface area contributed by atoms with E-state index < -0.39 is 0 Å². The van der Waals surface area contributed by atoms with Gasteiger partial charge in [0, 0.05) is 44.6 Å². The SMILES string of the molecule is c1cnc(Oc2ccc(CNCC3CN(C4CC4)CCO3)cc2)cn1. The van der Waals surface area contributed by atoms with Crippen molar-refractivity contribution in [2.75, 3.05) is 26.2 Å². The summed E-state index contributed by atoms with van der Waals surface area (Å²) in [6, 6.07) is 8.87. The van der Waals surface area contributed by atoms with Gasteiger partial charge in [-0.2, -0.15) is 0 Å². The molecule has 2 heterocycles. The molecule has 1 aromatic heterocycles. The zero-order chi connectivity index (χ0) is 16.9. The second kappa shape index (κ2) is 7.91. The van der Waals surface area contributed by atoms with E-state index in [0.717, 1.165) is 44.6 Å². The quantitative estimate of drug-likeness (QED) is 0.834. The van der Waals surface area contributed by atoms with Crippen LogP contribution >= 0.6 is 0 Å². The molecule has 0 bridgehead atoms. The fraction of sp³-hybridized carbons (Fsp3) is 0.474. The maximum Gasteiger partial charge on any atom is 0.237 e. The zero-order valence-electron chi connectivity index (χ0n) is 14.3. The lowest BCUT2D eigenvalue weighted by atomic mass is 10.2. The maximum absolute atomic E-state index is 5.87. The fourth-order valence-corrected chi connectivity index (χ4v) is 3.15. The van der Waals surface area contributed by atoms with E-state index in [0.29, 0.717) is 12.0 Å². The minimum atomic E-state index is 0.300. The second-order valence-corrected chi connectivity index (χ2v) is 6.64. The third-order valence-electron chi connectivity index (χ3n) is 4.62. The first kappa shape index (κ1) is 16.4. The number of aromatic nitrogens is 2. The summed E-state index contributed by atoms with van der Waals surface area (Å²) in [4.78, 5) is 10.7. The van der Waals surface area contributed by atoms with Crippen LogP contribution in [0.2, 0.25) is 0 Å². The lowest BCUT2D eigenvalue weighted by molar-refractivity contribution is -0.0301. The van der Waals surface area contributed by atoms with Gasteiger partial charge in [-0.25, -0.2) is 4.98 Å². The summed E-state index contributed by atoms with van der Waals surface area (Å²) >= 11 is 0. The summed E-state index contributed by atoms with van der Waals surface area (Å²) < 4.78 is 11.5. The minimum Gasteiger partial charge on any atom is -0.438 e. The molecule has 0 amide bonds. The Bertz CT molecular complexity index is 661. The van der Waals surface area contributed by atoms with Gasteiger partial charge in [-0.1, -0.05) is 12.1 Å². The van der Waals surface area contributed by atoms with Gasteiger partial charge in [0.2, 0.25) is 5.88 Å². The van der Waals surface area contributed by atoms with Gasteiger partial charge < -0.3 is 14.8 Å². The van der Waals surface area contributed by atoms with Gasteiger partial charge in [0.1, 0.15) is 5.75 Å². The van der Waals surface area contributed by atoms with Crippen molar-refractivity contribution in [2.45, 2.75) is 31.5 Å². The highest BCUT2D eigenvalue weighted by molar-refractivity contribution is 5.29. The van der Waals surface area contributed by atoms with Crippen LogP contribution in [0.25, 0.3) is 0 Å². The second-order valence-electron chi connectivity index (χ2n) is 6.64. The van der Waals surface area contributed by atoms with Crippen LogP contribution in [0.1, 0.15) is 18.4 Å². The normalized spacial score (nSPS) is 21.2. The molecule has 2 fully saturated rings. The molecular formula is C19H24N4O2. The predicted octanol–water partition coefficient (Wildman–Crippen LogP) is 2.22. The standard InChI is InChI=1S/C19H24N4O2/c1-5-17(25-19-13-20-7-8-22-19)6-2-15(1)11-21-12-18-14-23(9-10-24-18)16-3-4-16/h1-2,5-8,13,16,18,21H,3-4,9-12,14H2. The molecule has 6 nitrogen and oxygen atoms in total. The van der Waals surface area contributed by atoms with E-state index in [9.17, 15) is 0 Å². The summed E-state index contributed by atoms with van der Waals surface area (Å²) in [6.45, 7) is 4.73. The Morgan fingerprint density at radius 3 is 2.84 bits per heavy atom. The number of benzene rings is 1. The smallest absolute Gasteiger partial charge is 0.237 e. The van der Waals surface area contributed by atoms with Crippen LogP contribution in [0.15, 0.2) is 42.9 Å². The molecule has 4 rings (SSSR count). The Labute approximate surface area is 148 Å². The molecule has 2 aromatic rings. The molecule has 1 saturated heterocycles. The van der Waals surface area contributed by atoms with Crippen molar-refractivity contribution < 1.29 is 9.47 Å². The largest absolute Gasteiger partial charge is 0.438 e. The number of nitrogens with one attached hydrogen (secondary N) is 1. The third-order valence-corrected chi connectivity index (χ3v) is 4.62. The van der Waals surface area contributed by atoms with Crippen LogP contribution in [-0.2, 0) is 11.3 Å². The Kier molecular flexibility index (Phi) is 5.20. The molecule has 1 aromatic carbocycles. The van der Waals surface area contributed by atoms with E-state index in [4.69, 9.17) is 9.47 Å². The number of hydrogen-bond acceptors (Lipinski definition) is 6. The summed E-state index contributed by atoms with van der Waals surface area (Å²) in [5.41, 5.74) is 1.22. The highest BCUT2D eigenvalue weighted by Crippen LogP contribution is 2.28. The molecule has 132 valence electrons. The minimum absolute atomic E-state index is 0.300. The molecule has 6 heteroatoms. The van der Waals surface area contributed by atoms with Gasteiger partial charge in [0.25, 0.3) is 0 Å². The highest BCUT2D eigenvalue weighted by Gasteiger charge is 2.32. The molecule has 1 saturated carbocycles. The molecule has 1 aliphatic heterocycles. The van der Waals surface area contributed by atoms with Crippen LogP contribution in [-0.4, -0.2) is 53.3 Å². The molecule has 2 aliphatic rings. The van der Waals surface area contributed by atoms with Crippen LogP contribution in [0.4, 0.5) is 0 Å². The molecular weight excluding hydrogens is 316 g/mol. The van der Waals surface area contributed by atoms with Crippen molar-refractivity contribution in [2.24, 2.45) is 0 Å². The lowest BCUT2D eigenvalue weighted by Crippen LogP contribution is -2.47. The monoisotopic (exact) mass is 340 g/mol. The van der Waals surface area contributed by atoms with Crippen LogP contribution in [0.5, 0.6) is 11.6 Å². The van der Waals surface area contributed by atoms with Crippen molar-refractivity contribution in [1.82, 2.24) is 20.2 Å². The summed E-state index contributed by atoms with van der Waals surface area (Å²) in [5, 5.41) is 3.51. The molecule has 1 aliphatic carbocycles. The first-order chi connectivity index (χ1) is 12.4. The number of nitrogens with zero attached hydrogens (tertiary/aromatic N) is 3. The first-order valence-electron chi connectivity index (χ1n) is 8.96. The van der Waals surface area contributed by atoms with Gasteiger partial charge in [-0.05, 0) is 30.5 Å². The summed E-state index contributed by atoms with van der Waals surface area (Å²) in [6.07, 6.45) is 7.87. The van der Waals surface area contributed by atoms with Crippen molar-refractivity contribution in [3.8, 4) is 11.6 Å². The average molecular weight is 340 g/mol. The highest BCUT2D eigenvalue weighted by atomic mass is 16.5. The lowest BCUT2D eigenvalue weighted by Gasteiger charge is -2.33. The number of rotatable bonds is 7.